The first-order chi connectivity index (χ1) is 11.3. The van der Waals surface area contributed by atoms with Crippen LogP contribution in [0.1, 0.15) is 0 Å². The van der Waals surface area contributed by atoms with Crippen LogP contribution in [0.2, 0.25) is 0 Å². The summed E-state index contributed by atoms with van der Waals surface area (Å²) in [5.74, 6) is 0.515. The number of hydrogen-bond donors (Lipinski definition) is 0. The van der Waals surface area contributed by atoms with Gasteiger partial charge in [-0.25, -0.2) is 12.4 Å². The van der Waals surface area contributed by atoms with E-state index < -0.39 is 14.9 Å². The Morgan fingerprint density at radius 3 is 2.42 bits per heavy atom. The molecule has 0 radical (unpaired) electrons. The van der Waals surface area contributed by atoms with Gasteiger partial charge in [-0.1, -0.05) is 15.9 Å². The lowest BCUT2D eigenvalue weighted by Gasteiger charge is -2.09. The molecule has 124 valence electrons. The molecule has 0 fully saturated rings. The minimum Gasteiger partial charge on any atom is -0.497 e. The second kappa shape index (κ2) is 5.91. The summed E-state index contributed by atoms with van der Waals surface area (Å²) in [6.07, 6.45) is 1.31. The van der Waals surface area contributed by atoms with E-state index in [1.165, 1.54) is 49.7 Å². The van der Waals surface area contributed by atoms with Crippen LogP contribution in [0.5, 0.6) is 5.75 Å². The van der Waals surface area contributed by atoms with Gasteiger partial charge in [0.2, 0.25) is 0 Å². The highest BCUT2D eigenvalue weighted by Crippen LogP contribution is 2.33. The lowest BCUT2D eigenvalue weighted by atomic mass is 10.2. The van der Waals surface area contributed by atoms with E-state index in [2.05, 4.69) is 15.9 Å². The Kier molecular flexibility index (Phi) is 4.06. The summed E-state index contributed by atoms with van der Waals surface area (Å²) >= 11 is 3.20. The molecule has 9 heteroatoms. The van der Waals surface area contributed by atoms with Gasteiger partial charge in [-0.2, -0.15) is 0 Å². The molecule has 1 heterocycles. The van der Waals surface area contributed by atoms with Gasteiger partial charge < -0.3 is 4.74 Å². The third-order valence-corrected chi connectivity index (χ3v) is 5.65. The van der Waals surface area contributed by atoms with Crippen LogP contribution in [0.15, 0.2) is 58.0 Å². The number of hydrogen-bond acceptors (Lipinski definition) is 5. The summed E-state index contributed by atoms with van der Waals surface area (Å²) in [5.41, 5.74) is -0.263. The molecule has 0 spiro atoms. The smallest absolute Gasteiger partial charge is 0.295 e. The molecule has 0 unspecified atom stereocenters. The number of benzene rings is 2. The molecule has 0 aliphatic rings. The number of halogens is 1. The number of nitrogens with zero attached hydrogens (tertiary/aromatic N) is 2. The number of nitro benzene ring substituents is 1. The second-order valence-electron chi connectivity index (χ2n) is 4.91. The van der Waals surface area contributed by atoms with Gasteiger partial charge in [0.1, 0.15) is 11.3 Å². The maximum Gasteiger partial charge on any atom is 0.295 e. The van der Waals surface area contributed by atoms with Gasteiger partial charge >= 0.3 is 0 Å². The zero-order valence-electron chi connectivity index (χ0n) is 12.3. The van der Waals surface area contributed by atoms with Gasteiger partial charge in [0, 0.05) is 22.1 Å². The Labute approximate surface area is 145 Å². The van der Waals surface area contributed by atoms with E-state index >= 15 is 0 Å². The number of non-ortho nitro benzene ring substituents is 1. The maximum atomic E-state index is 12.9. The average Bonchev–Trinajstić information content (AvgIpc) is 2.98. The number of aromatic nitrogens is 1. The quantitative estimate of drug-likeness (QED) is 0.484. The Morgan fingerprint density at radius 2 is 1.83 bits per heavy atom. The summed E-state index contributed by atoms with van der Waals surface area (Å²) in [4.78, 5) is 10.7. The van der Waals surface area contributed by atoms with Crippen molar-refractivity contribution in [2.45, 2.75) is 4.90 Å². The molecule has 0 aliphatic carbocycles. The Morgan fingerprint density at radius 1 is 1.17 bits per heavy atom. The van der Waals surface area contributed by atoms with E-state index in [1.54, 1.807) is 6.07 Å². The number of methoxy groups -OCH3 is 1. The Balaban J connectivity index is 2.26. The van der Waals surface area contributed by atoms with Crippen molar-refractivity contribution in [3.63, 3.8) is 0 Å². The third-order valence-electron chi connectivity index (χ3n) is 3.51. The van der Waals surface area contributed by atoms with Crippen LogP contribution in [0.4, 0.5) is 5.69 Å². The molecule has 0 N–H and O–H groups in total. The fourth-order valence-electron chi connectivity index (χ4n) is 2.40. The molecule has 7 nitrogen and oxygen atoms in total. The zero-order valence-corrected chi connectivity index (χ0v) is 14.7. The first-order valence-corrected chi connectivity index (χ1v) is 8.92. The SMILES string of the molecule is COc1ccc(S(=O)(=O)n2ccc3cc(Br)cc([N+](=O)[O-])c32)cc1. The molecule has 0 atom stereocenters. The van der Waals surface area contributed by atoms with Crippen LogP contribution in [0.3, 0.4) is 0 Å². The van der Waals surface area contributed by atoms with Crippen LogP contribution in [0, 0.1) is 10.1 Å². The zero-order chi connectivity index (χ0) is 17.5. The number of fused-ring (bicyclic) bond motifs is 1. The van der Waals surface area contributed by atoms with E-state index in [0.717, 1.165) is 3.97 Å². The largest absolute Gasteiger partial charge is 0.497 e. The van der Waals surface area contributed by atoms with Crippen molar-refractivity contribution in [1.29, 1.82) is 0 Å². The van der Waals surface area contributed by atoms with Crippen LogP contribution >= 0.6 is 15.9 Å². The van der Waals surface area contributed by atoms with Gasteiger partial charge in [-0.15, -0.1) is 0 Å². The van der Waals surface area contributed by atoms with Gasteiger partial charge in [0.05, 0.1) is 16.9 Å². The molecule has 2 aromatic carbocycles. The van der Waals surface area contributed by atoms with Crippen molar-refractivity contribution >= 4 is 42.5 Å². The van der Waals surface area contributed by atoms with Crippen LogP contribution in [-0.4, -0.2) is 24.4 Å². The molecule has 1 aromatic heterocycles. The van der Waals surface area contributed by atoms with Crippen molar-refractivity contribution in [1.82, 2.24) is 3.97 Å². The monoisotopic (exact) mass is 410 g/mol. The van der Waals surface area contributed by atoms with Gasteiger partial charge in [-0.05, 0) is 36.4 Å². The molecule has 0 amide bonds. The molecular formula is C15H11BrN2O5S. The molecule has 3 rings (SSSR count). The number of nitro groups is 1. The highest BCUT2D eigenvalue weighted by Gasteiger charge is 2.25. The van der Waals surface area contributed by atoms with Gasteiger partial charge in [-0.3, -0.25) is 10.1 Å². The van der Waals surface area contributed by atoms with E-state index in [9.17, 15) is 18.5 Å². The van der Waals surface area contributed by atoms with E-state index in [1.807, 2.05) is 0 Å². The number of ether oxygens (including phenoxy) is 1. The lowest BCUT2D eigenvalue weighted by Crippen LogP contribution is -2.12. The minimum absolute atomic E-state index is 0.0121. The van der Waals surface area contributed by atoms with E-state index in [-0.39, 0.29) is 16.1 Å². The maximum absolute atomic E-state index is 12.9. The van der Waals surface area contributed by atoms with Crippen molar-refractivity contribution in [3.05, 3.63) is 63.2 Å². The normalized spacial score (nSPS) is 11.6. The van der Waals surface area contributed by atoms with Crippen LogP contribution in [-0.2, 0) is 10.0 Å². The summed E-state index contributed by atoms with van der Waals surface area (Å²) in [7, 11) is -2.50. The first kappa shape index (κ1) is 16.5. The topological polar surface area (TPSA) is 91.4 Å². The summed E-state index contributed by atoms with van der Waals surface area (Å²) < 4.78 is 32.1. The van der Waals surface area contributed by atoms with Crippen LogP contribution < -0.4 is 4.74 Å². The van der Waals surface area contributed by atoms with Crippen molar-refractivity contribution < 1.29 is 18.1 Å². The van der Waals surface area contributed by atoms with E-state index in [4.69, 9.17) is 4.74 Å². The Hall–Kier alpha value is -2.39. The minimum atomic E-state index is -3.97. The fourth-order valence-corrected chi connectivity index (χ4v) is 4.23. The molecule has 3 aromatic rings. The highest BCUT2D eigenvalue weighted by molar-refractivity contribution is 9.10. The molecule has 0 saturated carbocycles. The Bertz CT molecular complexity index is 1040. The lowest BCUT2D eigenvalue weighted by molar-refractivity contribution is -0.383. The van der Waals surface area contributed by atoms with Gasteiger partial charge in [0.25, 0.3) is 15.7 Å². The molecular weight excluding hydrogens is 400 g/mol. The van der Waals surface area contributed by atoms with Gasteiger partial charge in [0.15, 0.2) is 0 Å². The fraction of sp³-hybridized carbons (Fsp3) is 0.0667. The van der Waals surface area contributed by atoms with Crippen LogP contribution in [0.25, 0.3) is 10.9 Å². The van der Waals surface area contributed by atoms with Crippen molar-refractivity contribution in [3.8, 4) is 5.75 Å². The first-order valence-electron chi connectivity index (χ1n) is 6.69. The summed E-state index contributed by atoms with van der Waals surface area (Å²) in [5, 5.41) is 11.8. The van der Waals surface area contributed by atoms with E-state index in [0.29, 0.717) is 15.6 Å². The number of rotatable bonds is 4. The third kappa shape index (κ3) is 2.65. The predicted octanol–water partition coefficient (Wildman–Crippen LogP) is 3.56. The van der Waals surface area contributed by atoms with Crippen molar-refractivity contribution in [2.75, 3.05) is 7.11 Å². The predicted molar refractivity (Wildman–Crippen MR) is 91.9 cm³/mol. The van der Waals surface area contributed by atoms with Crippen molar-refractivity contribution in [2.24, 2.45) is 0 Å². The summed E-state index contributed by atoms with van der Waals surface area (Å²) in [6.45, 7) is 0. The average molecular weight is 411 g/mol. The molecule has 0 bridgehead atoms. The summed E-state index contributed by atoms with van der Waals surface area (Å²) in [6, 6.07) is 10.3. The molecule has 0 aliphatic heterocycles. The molecule has 24 heavy (non-hydrogen) atoms. The highest BCUT2D eigenvalue weighted by atomic mass is 79.9. The standard InChI is InChI=1S/C15H11BrN2O5S/c1-23-12-2-4-13(5-3-12)24(21,22)17-7-6-10-8-11(16)9-14(15(10)17)18(19)20/h2-9H,1H3. The second-order valence-corrected chi connectivity index (χ2v) is 7.64. The molecule has 0 saturated heterocycles.